The molecule has 0 radical (unpaired) electrons. The van der Waals surface area contributed by atoms with Crippen molar-refractivity contribution in [2.24, 2.45) is 0 Å². The molecule has 0 aliphatic heterocycles. The molecule has 0 aromatic heterocycles. The Hall–Kier alpha value is -1.06. The lowest BCUT2D eigenvalue weighted by Crippen LogP contribution is -2.32. The minimum atomic E-state index is 0.355. The molecule has 1 N–H and O–H groups in total. The molecular formula is C15H25NO2. The van der Waals surface area contributed by atoms with Crippen LogP contribution in [0.4, 0.5) is 0 Å². The minimum Gasteiger partial charge on any atom is -0.492 e. The van der Waals surface area contributed by atoms with Crippen molar-refractivity contribution < 1.29 is 9.47 Å². The Morgan fingerprint density at radius 2 is 1.94 bits per heavy atom. The van der Waals surface area contributed by atoms with Crippen molar-refractivity contribution in [3.63, 3.8) is 0 Å². The summed E-state index contributed by atoms with van der Waals surface area (Å²) < 4.78 is 11.0. The van der Waals surface area contributed by atoms with E-state index in [1.807, 2.05) is 19.1 Å². The van der Waals surface area contributed by atoms with Crippen molar-refractivity contribution in [2.75, 3.05) is 26.4 Å². The first-order valence-electron chi connectivity index (χ1n) is 6.73. The molecule has 0 bridgehead atoms. The third-order valence-electron chi connectivity index (χ3n) is 2.68. The molecular weight excluding hydrogens is 226 g/mol. The van der Waals surface area contributed by atoms with Gasteiger partial charge < -0.3 is 14.8 Å². The van der Waals surface area contributed by atoms with Crippen LogP contribution in [0.1, 0.15) is 25.8 Å². The number of nitrogens with one attached hydrogen (secondary N) is 1. The Morgan fingerprint density at radius 3 is 2.61 bits per heavy atom. The van der Waals surface area contributed by atoms with Gasteiger partial charge in [-0.05, 0) is 45.9 Å². The molecule has 3 nitrogen and oxygen atoms in total. The Morgan fingerprint density at radius 1 is 1.22 bits per heavy atom. The van der Waals surface area contributed by atoms with E-state index in [4.69, 9.17) is 9.47 Å². The second-order valence-electron chi connectivity index (χ2n) is 4.53. The van der Waals surface area contributed by atoms with Crippen molar-refractivity contribution in [3.05, 3.63) is 29.8 Å². The molecule has 0 saturated heterocycles. The summed E-state index contributed by atoms with van der Waals surface area (Å²) in [7, 11) is 0. The first-order chi connectivity index (χ1) is 8.72. The fraction of sp³-hybridized carbons (Fsp3) is 0.600. The Labute approximate surface area is 110 Å². The highest BCUT2D eigenvalue weighted by Crippen LogP contribution is 2.11. The monoisotopic (exact) mass is 251 g/mol. The highest BCUT2D eigenvalue weighted by atomic mass is 16.5. The standard InChI is InChI=1S/C15H25NO2/c1-4-17-11-5-10-16-14(3)12-18-15-8-6-13(2)7-9-15/h6-9,14,16H,4-5,10-12H2,1-3H3. The fourth-order valence-corrected chi connectivity index (χ4v) is 1.58. The molecule has 0 aliphatic rings. The van der Waals surface area contributed by atoms with Crippen LogP contribution in [0, 0.1) is 6.92 Å². The van der Waals surface area contributed by atoms with Gasteiger partial charge in [0.1, 0.15) is 12.4 Å². The quantitative estimate of drug-likeness (QED) is 0.685. The summed E-state index contributed by atoms with van der Waals surface area (Å²) in [5, 5.41) is 3.42. The molecule has 0 aliphatic carbocycles. The summed E-state index contributed by atoms with van der Waals surface area (Å²) in [6.45, 7) is 9.52. The van der Waals surface area contributed by atoms with Crippen molar-refractivity contribution in [3.8, 4) is 5.75 Å². The number of hydrogen-bond acceptors (Lipinski definition) is 3. The van der Waals surface area contributed by atoms with E-state index in [9.17, 15) is 0 Å². The van der Waals surface area contributed by atoms with Crippen LogP contribution in [0.15, 0.2) is 24.3 Å². The zero-order chi connectivity index (χ0) is 13.2. The van der Waals surface area contributed by atoms with Crippen LogP contribution < -0.4 is 10.1 Å². The van der Waals surface area contributed by atoms with Gasteiger partial charge in [0.05, 0.1) is 0 Å². The maximum atomic E-state index is 5.71. The van der Waals surface area contributed by atoms with Gasteiger partial charge in [0, 0.05) is 19.3 Å². The van der Waals surface area contributed by atoms with Crippen LogP contribution in [0.2, 0.25) is 0 Å². The zero-order valence-corrected chi connectivity index (χ0v) is 11.7. The highest BCUT2D eigenvalue weighted by Gasteiger charge is 2.02. The first-order valence-corrected chi connectivity index (χ1v) is 6.73. The van der Waals surface area contributed by atoms with Crippen LogP contribution in [-0.4, -0.2) is 32.4 Å². The number of ether oxygens (including phenoxy) is 2. The van der Waals surface area contributed by atoms with Gasteiger partial charge in [-0.1, -0.05) is 17.7 Å². The van der Waals surface area contributed by atoms with Gasteiger partial charge in [0.25, 0.3) is 0 Å². The van der Waals surface area contributed by atoms with E-state index in [0.717, 1.165) is 31.9 Å². The summed E-state index contributed by atoms with van der Waals surface area (Å²) >= 11 is 0. The van der Waals surface area contributed by atoms with E-state index in [2.05, 4.69) is 31.3 Å². The molecule has 1 atom stereocenters. The van der Waals surface area contributed by atoms with Gasteiger partial charge in [0.15, 0.2) is 0 Å². The molecule has 0 heterocycles. The highest BCUT2D eigenvalue weighted by molar-refractivity contribution is 5.26. The lowest BCUT2D eigenvalue weighted by atomic mass is 10.2. The van der Waals surface area contributed by atoms with Crippen LogP contribution in [0.5, 0.6) is 5.75 Å². The topological polar surface area (TPSA) is 30.5 Å². The average molecular weight is 251 g/mol. The largest absolute Gasteiger partial charge is 0.492 e. The molecule has 102 valence electrons. The Balaban J connectivity index is 2.09. The van der Waals surface area contributed by atoms with Gasteiger partial charge in [-0.25, -0.2) is 0 Å². The van der Waals surface area contributed by atoms with E-state index >= 15 is 0 Å². The van der Waals surface area contributed by atoms with Crippen molar-refractivity contribution in [1.82, 2.24) is 5.32 Å². The van der Waals surface area contributed by atoms with Gasteiger partial charge in [-0.3, -0.25) is 0 Å². The van der Waals surface area contributed by atoms with Gasteiger partial charge in [-0.15, -0.1) is 0 Å². The van der Waals surface area contributed by atoms with E-state index in [-0.39, 0.29) is 0 Å². The summed E-state index contributed by atoms with van der Waals surface area (Å²) in [6.07, 6.45) is 1.04. The predicted octanol–water partition coefficient (Wildman–Crippen LogP) is 2.78. The summed E-state index contributed by atoms with van der Waals surface area (Å²) in [4.78, 5) is 0. The van der Waals surface area contributed by atoms with Crippen molar-refractivity contribution >= 4 is 0 Å². The van der Waals surface area contributed by atoms with E-state index in [0.29, 0.717) is 12.6 Å². The maximum Gasteiger partial charge on any atom is 0.119 e. The second kappa shape index (κ2) is 8.95. The molecule has 3 heteroatoms. The third kappa shape index (κ3) is 6.62. The molecule has 1 aromatic rings. The molecule has 0 amide bonds. The van der Waals surface area contributed by atoms with Gasteiger partial charge in [-0.2, -0.15) is 0 Å². The molecule has 18 heavy (non-hydrogen) atoms. The fourth-order valence-electron chi connectivity index (χ4n) is 1.58. The number of hydrogen-bond donors (Lipinski definition) is 1. The SMILES string of the molecule is CCOCCCNC(C)COc1ccc(C)cc1. The normalized spacial score (nSPS) is 12.4. The molecule has 1 rings (SSSR count). The summed E-state index contributed by atoms with van der Waals surface area (Å²) in [5.74, 6) is 0.934. The Kier molecular flexibility index (Phi) is 7.46. The maximum absolute atomic E-state index is 5.71. The van der Waals surface area contributed by atoms with Crippen LogP contribution in [0.25, 0.3) is 0 Å². The predicted molar refractivity (Wildman–Crippen MR) is 75.2 cm³/mol. The summed E-state index contributed by atoms with van der Waals surface area (Å²) in [5.41, 5.74) is 1.25. The molecule has 0 spiro atoms. The number of benzene rings is 1. The molecule has 0 fully saturated rings. The molecule has 1 unspecified atom stereocenters. The molecule has 1 aromatic carbocycles. The lowest BCUT2D eigenvalue weighted by Gasteiger charge is -2.15. The van der Waals surface area contributed by atoms with Crippen LogP contribution in [-0.2, 0) is 4.74 Å². The molecule has 0 saturated carbocycles. The third-order valence-corrected chi connectivity index (χ3v) is 2.68. The lowest BCUT2D eigenvalue weighted by molar-refractivity contribution is 0.143. The second-order valence-corrected chi connectivity index (χ2v) is 4.53. The number of aryl methyl sites for hydroxylation is 1. The minimum absolute atomic E-state index is 0.355. The zero-order valence-electron chi connectivity index (χ0n) is 11.7. The Bertz CT molecular complexity index is 311. The van der Waals surface area contributed by atoms with Gasteiger partial charge >= 0.3 is 0 Å². The van der Waals surface area contributed by atoms with E-state index in [1.165, 1.54) is 5.56 Å². The van der Waals surface area contributed by atoms with E-state index < -0.39 is 0 Å². The average Bonchev–Trinajstić information content (AvgIpc) is 2.38. The van der Waals surface area contributed by atoms with Crippen molar-refractivity contribution in [2.45, 2.75) is 33.2 Å². The van der Waals surface area contributed by atoms with E-state index in [1.54, 1.807) is 0 Å². The number of rotatable bonds is 9. The van der Waals surface area contributed by atoms with Crippen LogP contribution >= 0.6 is 0 Å². The first kappa shape index (κ1) is 15.0. The van der Waals surface area contributed by atoms with Crippen LogP contribution in [0.3, 0.4) is 0 Å². The van der Waals surface area contributed by atoms with Crippen molar-refractivity contribution in [1.29, 1.82) is 0 Å². The smallest absolute Gasteiger partial charge is 0.119 e. The summed E-state index contributed by atoms with van der Waals surface area (Å²) in [6, 6.07) is 8.51. The van der Waals surface area contributed by atoms with Gasteiger partial charge in [0.2, 0.25) is 0 Å².